The summed E-state index contributed by atoms with van der Waals surface area (Å²) in [6, 6.07) is 22.6. The fourth-order valence-electron chi connectivity index (χ4n) is 3.79. The zero-order valence-electron chi connectivity index (χ0n) is 21.7. The van der Waals surface area contributed by atoms with Crippen LogP contribution in [-0.4, -0.2) is 34.7 Å². The summed E-state index contributed by atoms with van der Waals surface area (Å²) in [6.07, 6.45) is 4.69. The van der Waals surface area contributed by atoms with Gasteiger partial charge in [-0.1, -0.05) is 65.1 Å². The van der Waals surface area contributed by atoms with Gasteiger partial charge < -0.3 is 14.5 Å². The molecule has 1 N–H and O–H groups in total. The third-order valence-corrected chi connectivity index (χ3v) is 7.88. The molecular formula is C30H21Cl3N4O4S. The molecule has 1 saturated heterocycles. The van der Waals surface area contributed by atoms with Crippen molar-refractivity contribution in [2.24, 2.45) is 10.2 Å². The second-order valence-corrected chi connectivity index (χ2v) is 11.0. The highest BCUT2D eigenvalue weighted by atomic mass is 35.5. The summed E-state index contributed by atoms with van der Waals surface area (Å²) in [5.41, 5.74) is 1.79. The number of thioether (sulfide) groups is 1. The number of amidine groups is 1. The first-order valence-electron chi connectivity index (χ1n) is 12.4. The molecule has 0 bridgehead atoms. The summed E-state index contributed by atoms with van der Waals surface area (Å²) >= 11 is 19.4. The molecular weight excluding hydrogens is 619 g/mol. The molecule has 3 aromatic carbocycles. The van der Waals surface area contributed by atoms with Crippen molar-refractivity contribution >= 4 is 81.5 Å². The van der Waals surface area contributed by atoms with Gasteiger partial charge in [-0.25, -0.2) is 0 Å². The zero-order chi connectivity index (χ0) is 29.5. The average molecular weight is 640 g/mol. The van der Waals surface area contributed by atoms with Gasteiger partial charge in [0.1, 0.15) is 11.5 Å². The van der Waals surface area contributed by atoms with Gasteiger partial charge in [-0.2, -0.15) is 5.10 Å². The second-order valence-electron chi connectivity index (χ2n) is 8.73. The van der Waals surface area contributed by atoms with Crippen LogP contribution in [0.25, 0.3) is 6.08 Å². The molecule has 1 aliphatic heterocycles. The number of rotatable bonds is 9. The van der Waals surface area contributed by atoms with Crippen molar-refractivity contribution in [3.63, 3.8) is 0 Å². The van der Waals surface area contributed by atoms with E-state index in [0.717, 1.165) is 11.8 Å². The first kappa shape index (κ1) is 29.5. The van der Waals surface area contributed by atoms with Crippen molar-refractivity contribution in [3.8, 4) is 5.75 Å². The third kappa shape index (κ3) is 7.43. The Balaban J connectivity index is 1.35. The smallest absolute Gasteiger partial charge is 0.267 e. The molecule has 2 heterocycles. The predicted molar refractivity (Wildman–Crippen MR) is 168 cm³/mol. The predicted octanol–water partition coefficient (Wildman–Crippen LogP) is 7.76. The van der Waals surface area contributed by atoms with Crippen LogP contribution in [0, 0.1) is 0 Å². The minimum absolute atomic E-state index is 0.158. The van der Waals surface area contributed by atoms with Crippen molar-refractivity contribution in [2.45, 2.75) is 6.54 Å². The van der Waals surface area contributed by atoms with Crippen molar-refractivity contribution in [1.29, 1.82) is 0 Å². The van der Waals surface area contributed by atoms with Crippen LogP contribution in [0.15, 0.2) is 105 Å². The van der Waals surface area contributed by atoms with Crippen LogP contribution in [0.1, 0.15) is 16.9 Å². The fourth-order valence-corrected chi connectivity index (χ4v) is 5.20. The molecule has 1 aliphatic rings. The quantitative estimate of drug-likeness (QED) is 0.115. The Labute approximate surface area is 260 Å². The number of hydrogen-bond donors (Lipinski definition) is 1. The first-order chi connectivity index (χ1) is 20.4. The lowest BCUT2D eigenvalue weighted by molar-refractivity contribution is -0.122. The number of para-hydroxylation sites is 1. The van der Waals surface area contributed by atoms with Crippen LogP contribution in [0.5, 0.6) is 5.75 Å². The van der Waals surface area contributed by atoms with Gasteiger partial charge in [0.15, 0.2) is 11.8 Å². The van der Waals surface area contributed by atoms with Crippen LogP contribution in [0.4, 0.5) is 5.69 Å². The summed E-state index contributed by atoms with van der Waals surface area (Å²) in [5.74, 6) is 0.376. The Kier molecular flexibility index (Phi) is 9.66. The SMILES string of the molecule is O=C(COc1ccccc1/C=C1\S/C(=N/N=C\c2cccc(Cl)c2Cl)N(Cc2ccco2)C1=O)Nc1ccc(Cl)cc1. The second kappa shape index (κ2) is 13.8. The van der Waals surface area contributed by atoms with Gasteiger partial charge in [0, 0.05) is 21.8 Å². The van der Waals surface area contributed by atoms with Gasteiger partial charge in [-0.05, 0) is 66.4 Å². The monoisotopic (exact) mass is 638 g/mol. The standard InChI is InChI=1S/C30H21Cl3N4O4S/c31-21-10-12-22(13-11-21)35-27(38)18-41-25-9-2-1-5-19(25)15-26-29(39)37(17-23-7-4-14-40-23)30(42-26)36-34-16-20-6-3-8-24(32)28(20)33/h1-16H,17-18H2,(H,35,38)/b26-15-,34-16-,36-30+. The van der Waals surface area contributed by atoms with E-state index in [9.17, 15) is 9.59 Å². The van der Waals surface area contributed by atoms with E-state index >= 15 is 0 Å². The lowest BCUT2D eigenvalue weighted by Gasteiger charge is -2.12. The molecule has 0 saturated carbocycles. The molecule has 8 nitrogen and oxygen atoms in total. The zero-order valence-corrected chi connectivity index (χ0v) is 24.8. The van der Waals surface area contributed by atoms with E-state index in [2.05, 4.69) is 15.5 Å². The lowest BCUT2D eigenvalue weighted by Crippen LogP contribution is -2.28. The first-order valence-corrected chi connectivity index (χ1v) is 14.4. The number of nitrogens with zero attached hydrogens (tertiary/aromatic N) is 3. The van der Waals surface area contributed by atoms with Gasteiger partial charge in [0.25, 0.3) is 11.8 Å². The normalized spacial score (nSPS) is 15.2. The molecule has 2 amide bonds. The van der Waals surface area contributed by atoms with Gasteiger partial charge >= 0.3 is 0 Å². The van der Waals surface area contributed by atoms with Gasteiger partial charge in [0.2, 0.25) is 0 Å². The number of hydrogen-bond acceptors (Lipinski definition) is 7. The number of ether oxygens (including phenoxy) is 1. The number of nitrogens with one attached hydrogen (secondary N) is 1. The number of carbonyl (C=O) groups excluding carboxylic acids is 2. The molecule has 5 rings (SSSR count). The lowest BCUT2D eigenvalue weighted by atomic mass is 10.2. The molecule has 0 unspecified atom stereocenters. The Morgan fingerprint density at radius 1 is 0.976 bits per heavy atom. The van der Waals surface area contributed by atoms with Gasteiger partial charge in [0.05, 0.1) is 34.0 Å². The summed E-state index contributed by atoms with van der Waals surface area (Å²) in [6.45, 7) is -0.0759. The van der Waals surface area contributed by atoms with E-state index in [1.165, 1.54) is 17.4 Å². The van der Waals surface area contributed by atoms with Crippen molar-refractivity contribution in [1.82, 2.24) is 4.90 Å². The summed E-state index contributed by atoms with van der Waals surface area (Å²) in [5, 5.41) is 12.9. The number of carbonyl (C=O) groups is 2. The van der Waals surface area contributed by atoms with E-state index < -0.39 is 0 Å². The molecule has 0 atom stereocenters. The Hall–Kier alpha value is -4.02. The van der Waals surface area contributed by atoms with Crippen LogP contribution in [-0.2, 0) is 16.1 Å². The van der Waals surface area contributed by atoms with Crippen LogP contribution in [0.3, 0.4) is 0 Å². The maximum Gasteiger partial charge on any atom is 0.267 e. The summed E-state index contributed by atoms with van der Waals surface area (Å²) in [4.78, 5) is 27.8. The van der Waals surface area contributed by atoms with Gasteiger partial charge in [-0.15, -0.1) is 5.10 Å². The van der Waals surface area contributed by atoms with Crippen molar-refractivity contribution < 1.29 is 18.7 Å². The molecule has 1 fully saturated rings. The Morgan fingerprint density at radius 2 is 1.76 bits per heavy atom. The van der Waals surface area contributed by atoms with E-state index in [1.807, 2.05) is 6.07 Å². The highest BCUT2D eigenvalue weighted by Crippen LogP contribution is 2.35. The highest BCUT2D eigenvalue weighted by molar-refractivity contribution is 8.18. The molecule has 0 radical (unpaired) electrons. The summed E-state index contributed by atoms with van der Waals surface area (Å²) in [7, 11) is 0. The van der Waals surface area contributed by atoms with E-state index in [1.54, 1.807) is 78.9 Å². The Bertz CT molecular complexity index is 1690. The summed E-state index contributed by atoms with van der Waals surface area (Å²) < 4.78 is 11.3. The maximum atomic E-state index is 13.5. The van der Waals surface area contributed by atoms with Crippen LogP contribution in [0.2, 0.25) is 15.1 Å². The largest absolute Gasteiger partial charge is 0.483 e. The van der Waals surface area contributed by atoms with E-state index in [4.69, 9.17) is 44.0 Å². The van der Waals surface area contributed by atoms with Crippen molar-refractivity contribution in [2.75, 3.05) is 11.9 Å². The third-order valence-electron chi connectivity index (χ3n) is 5.80. The molecule has 4 aromatic rings. The number of anilines is 1. The number of benzene rings is 3. The number of furan rings is 1. The molecule has 1 aromatic heterocycles. The maximum absolute atomic E-state index is 13.5. The van der Waals surface area contributed by atoms with Gasteiger partial charge in [-0.3, -0.25) is 14.5 Å². The van der Waals surface area contributed by atoms with E-state index in [0.29, 0.717) is 53.5 Å². The van der Waals surface area contributed by atoms with Crippen LogP contribution < -0.4 is 10.1 Å². The molecule has 212 valence electrons. The topological polar surface area (TPSA) is 96.5 Å². The van der Waals surface area contributed by atoms with Crippen LogP contribution >= 0.6 is 46.6 Å². The minimum atomic E-state index is -0.345. The Morgan fingerprint density at radius 3 is 2.55 bits per heavy atom. The highest BCUT2D eigenvalue weighted by Gasteiger charge is 2.34. The molecule has 0 aliphatic carbocycles. The fraction of sp³-hybridized carbons (Fsp3) is 0.0667. The molecule has 12 heteroatoms. The molecule has 0 spiro atoms. The molecule has 42 heavy (non-hydrogen) atoms. The minimum Gasteiger partial charge on any atom is -0.483 e. The van der Waals surface area contributed by atoms with Crippen molar-refractivity contribution in [3.05, 3.63) is 122 Å². The number of amides is 2. The van der Waals surface area contributed by atoms with E-state index in [-0.39, 0.29) is 25.0 Å². The average Bonchev–Trinajstić information content (AvgIpc) is 3.60. The number of halogens is 3.